The Balaban J connectivity index is 2.10. The summed E-state index contributed by atoms with van der Waals surface area (Å²) in [6.45, 7) is 9.06. The molecule has 1 aromatic heterocycles. The van der Waals surface area contributed by atoms with Gasteiger partial charge in [0.15, 0.2) is 9.84 Å². The fourth-order valence-corrected chi connectivity index (χ4v) is 7.08. The van der Waals surface area contributed by atoms with Crippen LogP contribution in [0.3, 0.4) is 0 Å². The average molecular weight is 441 g/mol. The van der Waals surface area contributed by atoms with Gasteiger partial charge in [0, 0.05) is 10.5 Å². The predicted octanol–water partition coefficient (Wildman–Crippen LogP) is 4.89. The van der Waals surface area contributed by atoms with E-state index < -0.39 is 20.1 Å². The maximum absolute atomic E-state index is 12.8. The van der Waals surface area contributed by atoms with Crippen molar-refractivity contribution in [1.29, 1.82) is 0 Å². The summed E-state index contributed by atoms with van der Waals surface area (Å²) in [7, 11) is -3.48. The molecule has 144 valence electrons. The summed E-state index contributed by atoms with van der Waals surface area (Å²) in [5.74, 6) is -0.0226. The largest absolute Gasteiger partial charge is 0.386 e. The Morgan fingerprint density at radius 3 is 2.67 bits per heavy atom. The first-order chi connectivity index (χ1) is 12.5. The number of allylic oxidation sites excluding steroid dienone is 5. The second-order valence-corrected chi connectivity index (χ2v) is 12.0. The van der Waals surface area contributed by atoms with Crippen molar-refractivity contribution in [3.8, 4) is 0 Å². The highest BCUT2D eigenvalue weighted by molar-refractivity contribution is 8.05. The number of nitrogens with zero attached hydrogens (tertiary/aromatic N) is 1. The number of sulfone groups is 1. The number of thiophene rings is 1. The lowest BCUT2D eigenvalue weighted by atomic mass is 10.0. The first kappa shape index (κ1) is 20.5. The van der Waals surface area contributed by atoms with Gasteiger partial charge in [-0.3, -0.25) is 4.99 Å². The Morgan fingerprint density at radius 1 is 1.30 bits per heavy atom. The molecule has 2 N–H and O–H groups in total. The van der Waals surface area contributed by atoms with E-state index in [-0.39, 0.29) is 11.6 Å². The Bertz CT molecular complexity index is 1030. The van der Waals surface area contributed by atoms with Crippen LogP contribution >= 0.6 is 34.7 Å². The normalized spacial score (nSPS) is 28.1. The number of amidine groups is 1. The standard InChI is InChI=1S/C19H21ClN2O2S3/c1-12-7-5-6-8-25-10-13(12)15-9-14(20)16(26-15)19(4)11-27(23,24)18(2,3)17(21)22-19/h5-10H,1,11H2,2-4H3,(H2,21,22)/b7-5-,8-6?,13-10?/t19-/m0/s1. The van der Waals surface area contributed by atoms with E-state index in [0.29, 0.717) is 9.90 Å². The molecule has 3 heterocycles. The van der Waals surface area contributed by atoms with Crippen molar-refractivity contribution in [3.05, 3.63) is 62.0 Å². The van der Waals surface area contributed by atoms with Crippen molar-refractivity contribution in [2.75, 3.05) is 5.75 Å². The monoisotopic (exact) mass is 440 g/mol. The van der Waals surface area contributed by atoms with Gasteiger partial charge in [0.1, 0.15) is 16.1 Å². The minimum absolute atomic E-state index is 0.112. The minimum Gasteiger partial charge on any atom is -0.386 e. The molecule has 0 aliphatic carbocycles. The van der Waals surface area contributed by atoms with Crippen molar-refractivity contribution < 1.29 is 8.42 Å². The van der Waals surface area contributed by atoms with Crippen LogP contribution in [0.15, 0.2) is 52.3 Å². The molecule has 1 atom stereocenters. The van der Waals surface area contributed by atoms with Crippen molar-refractivity contribution in [1.82, 2.24) is 0 Å². The quantitative estimate of drug-likeness (QED) is 0.710. The molecule has 3 rings (SSSR count). The molecule has 0 saturated heterocycles. The molecule has 27 heavy (non-hydrogen) atoms. The van der Waals surface area contributed by atoms with Crippen molar-refractivity contribution in [2.45, 2.75) is 31.1 Å². The van der Waals surface area contributed by atoms with Crippen LogP contribution in [-0.2, 0) is 15.4 Å². The summed E-state index contributed by atoms with van der Waals surface area (Å²) < 4.78 is 24.4. The van der Waals surface area contributed by atoms with E-state index >= 15 is 0 Å². The molecule has 0 radical (unpaired) electrons. The summed E-state index contributed by atoms with van der Waals surface area (Å²) in [6, 6.07) is 1.85. The van der Waals surface area contributed by atoms with Gasteiger partial charge >= 0.3 is 0 Å². The van der Waals surface area contributed by atoms with Gasteiger partial charge in [-0.1, -0.05) is 36.4 Å². The Hall–Kier alpha value is -1.28. The first-order valence-corrected chi connectivity index (χ1v) is 12.0. The lowest BCUT2D eigenvalue weighted by Crippen LogP contribution is -2.54. The molecule has 0 amide bonds. The van der Waals surface area contributed by atoms with Crippen LogP contribution in [0.2, 0.25) is 5.02 Å². The third-order valence-corrected chi connectivity index (χ3v) is 10.00. The van der Waals surface area contributed by atoms with Gasteiger partial charge in [-0.15, -0.1) is 23.1 Å². The Labute approximate surface area is 173 Å². The summed E-state index contributed by atoms with van der Waals surface area (Å²) in [5.41, 5.74) is 6.86. The maximum atomic E-state index is 12.8. The van der Waals surface area contributed by atoms with Crippen LogP contribution < -0.4 is 5.73 Å². The van der Waals surface area contributed by atoms with Crippen LogP contribution in [0.5, 0.6) is 0 Å². The zero-order chi connectivity index (χ0) is 20.0. The fourth-order valence-electron chi connectivity index (χ4n) is 2.88. The van der Waals surface area contributed by atoms with Gasteiger partial charge in [-0.2, -0.15) is 0 Å². The number of hydrogen-bond acceptors (Lipinski definition) is 6. The molecular weight excluding hydrogens is 420 g/mol. The zero-order valence-corrected chi connectivity index (χ0v) is 18.5. The molecule has 0 fully saturated rings. The lowest BCUT2D eigenvalue weighted by Gasteiger charge is -2.37. The van der Waals surface area contributed by atoms with Gasteiger partial charge in [0.25, 0.3) is 0 Å². The van der Waals surface area contributed by atoms with Crippen LogP contribution in [0.1, 0.15) is 30.5 Å². The molecule has 0 saturated carbocycles. The summed E-state index contributed by atoms with van der Waals surface area (Å²) in [4.78, 5) is 6.19. The molecule has 1 aromatic rings. The molecule has 0 spiro atoms. The zero-order valence-electron chi connectivity index (χ0n) is 15.3. The number of halogens is 1. The number of rotatable bonds is 2. The van der Waals surface area contributed by atoms with Crippen molar-refractivity contribution in [3.63, 3.8) is 0 Å². The average Bonchev–Trinajstić information content (AvgIpc) is 2.91. The van der Waals surface area contributed by atoms with Crippen LogP contribution in [-0.4, -0.2) is 24.8 Å². The highest BCUT2D eigenvalue weighted by Crippen LogP contribution is 2.46. The molecule has 2 aliphatic rings. The van der Waals surface area contributed by atoms with E-state index in [4.69, 9.17) is 17.3 Å². The third kappa shape index (κ3) is 3.58. The van der Waals surface area contributed by atoms with E-state index in [1.54, 1.807) is 32.5 Å². The van der Waals surface area contributed by atoms with Crippen molar-refractivity contribution >= 4 is 55.9 Å². The number of thioether (sulfide) groups is 1. The Morgan fingerprint density at radius 2 is 2.00 bits per heavy atom. The minimum atomic E-state index is -3.48. The van der Waals surface area contributed by atoms with Crippen LogP contribution in [0.4, 0.5) is 0 Å². The number of aliphatic imine (C=N–C) groups is 1. The van der Waals surface area contributed by atoms with Gasteiger partial charge in [0.05, 0.1) is 15.7 Å². The molecule has 0 aromatic carbocycles. The number of nitrogens with two attached hydrogens (primary N) is 1. The van der Waals surface area contributed by atoms with E-state index in [2.05, 4.69) is 11.6 Å². The fraction of sp³-hybridized carbons (Fsp3) is 0.316. The smallest absolute Gasteiger partial charge is 0.165 e. The second-order valence-electron chi connectivity index (χ2n) is 7.21. The van der Waals surface area contributed by atoms with Crippen LogP contribution in [0, 0.1) is 0 Å². The molecule has 2 aliphatic heterocycles. The highest BCUT2D eigenvalue weighted by atomic mass is 35.5. The van der Waals surface area contributed by atoms with Gasteiger partial charge in [-0.25, -0.2) is 8.42 Å². The lowest BCUT2D eigenvalue weighted by molar-refractivity contribution is 0.507. The molecular formula is C19H21ClN2O2S3. The molecule has 8 heteroatoms. The van der Waals surface area contributed by atoms with E-state index in [9.17, 15) is 8.42 Å². The third-order valence-electron chi connectivity index (χ3n) is 4.77. The van der Waals surface area contributed by atoms with Gasteiger partial charge < -0.3 is 5.73 Å². The predicted molar refractivity (Wildman–Crippen MR) is 119 cm³/mol. The van der Waals surface area contributed by atoms with E-state index in [1.165, 1.54) is 11.3 Å². The Kier molecular flexibility index (Phi) is 5.27. The molecule has 4 nitrogen and oxygen atoms in total. The molecule has 0 unspecified atom stereocenters. The topological polar surface area (TPSA) is 72.5 Å². The van der Waals surface area contributed by atoms with Gasteiger partial charge in [-0.05, 0) is 43.2 Å². The summed E-state index contributed by atoms with van der Waals surface area (Å²) in [5, 5.41) is 4.47. The van der Waals surface area contributed by atoms with Gasteiger partial charge in [0.2, 0.25) is 0 Å². The maximum Gasteiger partial charge on any atom is 0.165 e. The van der Waals surface area contributed by atoms with E-state index in [1.807, 2.05) is 35.1 Å². The SMILES string of the molecule is C=C1/C=C\C=CSC=C1c1cc(Cl)c([C@]2(C)CS(=O)(=O)C(C)(C)C(N)=N2)s1. The second kappa shape index (κ2) is 6.95. The van der Waals surface area contributed by atoms with Crippen molar-refractivity contribution in [2.24, 2.45) is 10.7 Å². The number of hydrogen-bond donors (Lipinski definition) is 1. The summed E-state index contributed by atoms with van der Waals surface area (Å²) >= 11 is 9.52. The highest BCUT2D eigenvalue weighted by Gasteiger charge is 2.49. The van der Waals surface area contributed by atoms with Crippen LogP contribution in [0.25, 0.3) is 5.57 Å². The summed E-state index contributed by atoms with van der Waals surface area (Å²) in [6.07, 6.45) is 5.81. The first-order valence-electron chi connectivity index (χ1n) is 8.24. The van der Waals surface area contributed by atoms with E-state index in [0.717, 1.165) is 16.0 Å². The molecule has 0 bridgehead atoms.